The maximum atomic E-state index is 12.1. The van der Waals surface area contributed by atoms with Gasteiger partial charge in [0.25, 0.3) is 10.0 Å². The zero-order chi connectivity index (χ0) is 13.9. The first kappa shape index (κ1) is 16.7. The molecule has 1 N–H and O–H groups in total. The first-order valence-electron chi connectivity index (χ1n) is 5.39. The van der Waals surface area contributed by atoms with Gasteiger partial charge in [0, 0.05) is 5.56 Å². The molecule has 0 atom stereocenters. The Morgan fingerprint density at radius 2 is 1.50 bits per heavy atom. The van der Waals surface area contributed by atoms with Gasteiger partial charge in [-0.25, -0.2) is 8.42 Å². The van der Waals surface area contributed by atoms with Crippen molar-refractivity contribution >= 4 is 21.7 Å². The van der Waals surface area contributed by atoms with E-state index in [1.807, 2.05) is 0 Å². The van der Waals surface area contributed by atoms with E-state index in [2.05, 4.69) is 4.72 Å². The summed E-state index contributed by atoms with van der Waals surface area (Å²) in [5, 5.41) is 10.9. The zero-order valence-electron chi connectivity index (χ0n) is 10.7. The number of aromatic carboxylic acids is 1. The molecular weight excluding hydrogens is 289 g/mol. The van der Waals surface area contributed by atoms with Crippen molar-refractivity contribution in [2.75, 3.05) is 4.72 Å². The quantitative estimate of drug-likeness (QED) is 0.653. The molecule has 0 spiro atoms. The van der Waals surface area contributed by atoms with Gasteiger partial charge in [-0.3, -0.25) is 4.72 Å². The Hall–Kier alpha value is -1.34. The minimum Gasteiger partial charge on any atom is -0.545 e. The molecule has 0 aliphatic heterocycles. The van der Waals surface area contributed by atoms with Crippen molar-refractivity contribution < 1.29 is 47.9 Å². The molecule has 0 saturated heterocycles. The van der Waals surface area contributed by atoms with Crippen molar-refractivity contribution in [2.45, 2.75) is 4.90 Å². The smallest absolute Gasteiger partial charge is 0.545 e. The van der Waals surface area contributed by atoms with E-state index in [1.54, 1.807) is 18.2 Å². The molecule has 2 aromatic carbocycles. The van der Waals surface area contributed by atoms with Crippen LogP contribution >= 0.6 is 0 Å². The number of hydrogen-bond donors (Lipinski definition) is 1. The van der Waals surface area contributed by atoms with Crippen LogP contribution in [0.2, 0.25) is 0 Å². The van der Waals surface area contributed by atoms with E-state index in [0.717, 1.165) is 0 Å². The first-order valence-corrected chi connectivity index (χ1v) is 6.87. The van der Waals surface area contributed by atoms with Crippen molar-refractivity contribution in [3.63, 3.8) is 0 Å². The zero-order valence-corrected chi connectivity index (χ0v) is 13.6. The molecule has 2 aromatic rings. The fourth-order valence-electron chi connectivity index (χ4n) is 1.55. The Morgan fingerprint density at radius 3 is 2.10 bits per heavy atom. The Balaban J connectivity index is 0.00000200. The van der Waals surface area contributed by atoms with Gasteiger partial charge in [-0.05, 0) is 18.2 Å². The van der Waals surface area contributed by atoms with Gasteiger partial charge in [0.05, 0.1) is 16.6 Å². The number of benzene rings is 2. The molecule has 0 heterocycles. The third-order valence-electron chi connectivity index (χ3n) is 2.44. The SMILES string of the molecule is O=C([O-])c1ccccc1NS(=O)(=O)c1ccccc1.[Na+]. The van der Waals surface area contributed by atoms with Crippen LogP contribution in [0.25, 0.3) is 0 Å². The number of hydrogen-bond acceptors (Lipinski definition) is 4. The summed E-state index contributed by atoms with van der Waals surface area (Å²) in [7, 11) is -3.81. The van der Waals surface area contributed by atoms with E-state index in [4.69, 9.17) is 0 Å². The predicted molar refractivity (Wildman–Crippen MR) is 68.0 cm³/mol. The molecule has 20 heavy (non-hydrogen) atoms. The summed E-state index contributed by atoms with van der Waals surface area (Å²) in [5.74, 6) is -1.44. The predicted octanol–water partition coefficient (Wildman–Crippen LogP) is -2.15. The van der Waals surface area contributed by atoms with Gasteiger partial charge in [0.2, 0.25) is 0 Å². The van der Waals surface area contributed by atoms with Crippen LogP contribution in [-0.4, -0.2) is 14.4 Å². The average Bonchev–Trinajstić information content (AvgIpc) is 2.39. The molecule has 0 amide bonds. The molecule has 0 unspecified atom stereocenters. The number of carboxylic acid groups (broad SMARTS) is 1. The van der Waals surface area contributed by atoms with Crippen molar-refractivity contribution in [1.29, 1.82) is 0 Å². The molecule has 0 fully saturated rings. The maximum absolute atomic E-state index is 12.1. The van der Waals surface area contributed by atoms with E-state index in [9.17, 15) is 18.3 Å². The number of para-hydroxylation sites is 1. The van der Waals surface area contributed by atoms with Gasteiger partial charge in [0.15, 0.2) is 0 Å². The van der Waals surface area contributed by atoms with Gasteiger partial charge in [-0.2, -0.15) is 0 Å². The fourth-order valence-corrected chi connectivity index (χ4v) is 2.65. The molecule has 5 nitrogen and oxygen atoms in total. The Kier molecular flexibility index (Phi) is 5.76. The Bertz CT molecular complexity index is 701. The van der Waals surface area contributed by atoms with E-state index >= 15 is 0 Å². The number of sulfonamides is 1. The fraction of sp³-hybridized carbons (Fsp3) is 0. The average molecular weight is 299 g/mol. The van der Waals surface area contributed by atoms with E-state index in [-0.39, 0.29) is 45.7 Å². The largest absolute Gasteiger partial charge is 1.00 e. The van der Waals surface area contributed by atoms with Crippen LogP contribution in [0, 0.1) is 0 Å². The minimum atomic E-state index is -3.81. The topological polar surface area (TPSA) is 86.3 Å². The van der Waals surface area contributed by atoms with Crippen LogP contribution in [0.5, 0.6) is 0 Å². The van der Waals surface area contributed by atoms with Gasteiger partial charge in [-0.1, -0.05) is 36.4 Å². The number of anilines is 1. The molecule has 0 bridgehead atoms. The van der Waals surface area contributed by atoms with Crippen molar-refractivity contribution in [2.24, 2.45) is 0 Å². The van der Waals surface area contributed by atoms with Gasteiger partial charge in [0.1, 0.15) is 0 Å². The monoisotopic (exact) mass is 299 g/mol. The maximum Gasteiger partial charge on any atom is 1.00 e. The minimum absolute atomic E-state index is 0. The van der Waals surface area contributed by atoms with Crippen LogP contribution in [0.3, 0.4) is 0 Å². The number of carboxylic acids is 1. The third-order valence-corrected chi connectivity index (χ3v) is 3.83. The van der Waals surface area contributed by atoms with Gasteiger partial charge < -0.3 is 9.90 Å². The normalized spacial score (nSPS) is 10.4. The van der Waals surface area contributed by atoms with Gasteiger partial charge in [-0.15, -0.1) is 0 Å². The van der Waals surface area contributed by atoms with Crippen LogP contribution < -0.4 is 39.4 Å². The summed E-state index contributed by atoms with van der Waals surface area (Å²) in [6, 6.07) is 13.4. The van der Waals surface area contributed by atoms with Crippen molar-refractivity contribution in [3.05, 3.63) is 60.2 Å². The van der Waals surface area contributed by atoms with Crippen molar-refractivity contribution in [3.8, 4) is 0 Å². The Morgan fingerprint density at radius 1 is 0.950 bits per heavy atom. The van der Waals surface area contributed by atoms with E-state index < -0.39 is 16.0 Å². The molecule has 2 rings (SSSR count). The summed E-state index contributed by atoms with van der Waals surface area (Å²) in [6.45, 7) is 0. The third kappa shape index (κ3) is 3.83. The molecule has 0 aliphatic carbocycles. The molecule has 0 saturated carbocycles. The molecule has 7 heteroatoms. The first-order chi connectivity index (χ1) is 9.00. The van der Waals surface area contributed by atoms with Crippen LogP contribution in [0.15, 0.2) is 59.5 Å². The second kappa shape index (κ2) is 6.90. The standard InChI is InChI=1S/C13H11NO4S.Na/c15-13(16)11-8-4-5-9-12(11)14-19(17,18)10-6-2-1-3-7-10;/h1-9,14H,(H,15,16);/q;+1/p-1. The summed E-state index contributed by atoms with van der Waals surface area (Å²) >= 11 is 0. The molecular formula is C13H10NNaO4S. The molecule has 98 valence electrons. The molecule has 0 aromatic heterocycles. The molecule has 0 radical (unpaired) electrons. The summed E-state index contributed by atoms with van der Waals surface area (Å²) < 4.78 is 26.3. The second-order valence-corrected chi connectivity index (χ2v) is 5.43. The van der Waals surface area contributed by atoms with Crippen LogP contribution in [0.1, 0.15) is 10.4 Å². The van der Waals surface area contributed by atoms with Gasteiger partial charge >= 0.3 is 29.6 Å². The summed E-state index contributed by atoms with van der Waals surface area (Å²) in [6.07, 6.45) is 0. The number of carbonyl (C=O) groups excluding carboxylic acids is 1. The van der Waals surface area contributed by atoms with Crippen LogP contribution in [-0.2, 0) is 10.0 Å². The molecule has 0 aliphatic rings. The van der Waals surface area contributed by atoms with E-state index in [0.29, 0.717) is 0 Å². The summed E-state index contributed by atoms with van der Waals surface area (Å²) in [5.41, 5.74) is -0.228. The number of rotatable bonds is 4. The van der Waals surface area contributed by atoms with Crippen LogP contribution in [0.4, 0.5) is 5.69 Å². The summed E-state index contributed by atoms with van der Waals surface area (Å²) in [4.78, 5) is 11.0. The second-order valence-electron chi connectivity index (χ2n) is 3.75. The number of carbonyl (C=O) groups is 1. The number of nitrogens with one attached hydrogen (secondary N) is 1. The van der Waals surface area contributed by atoms with E-state index in [1.165, 1.54) is 36.4 Å². The van der Waals surface area contributed by atoms with Crippen molar-refractivity contribution in [1.82, 2.24) is 0 Å². The Labute approximate surface area is 139 Å².